The molecule has 19 heavy (non-hydrogen) atoms. The van der Waals surface area contributed by atoms with Crippen molar-refractivity contribution in [2.45, 2.75) is 51.0 Å². The molecule has 2 heteroatoms. The van der Waals surface area contributed by atoms with Crippen LogP contribution in [0.25, 0.3) is 0 Å². The van der Waals surface area contributed by atoms with Gasteiger partial charge in [0.1, 0.15) is 0 Å². The van der Waals surface area contributed by atoms with Crippen LogP contribution < -0.4 is 0 Å². The molecule has 3 rings (SSSR count). The van der Waals surface area contributed by atoms with E-state index >= 15 is 0 Å². The van der Waals surface area contributed by atoms with Crippen molar-refractivity contribution in [2.75, 3.05) is 13.1 Å². The van der Waals surface area contributed by atoms with Gasteiger partial charge in [-0.2, -0.15) is 0 Å². The van der Waals surface area contributed by atoms with Crippen LogP contribution in [0.4, 0.5) is 0 Å². The highest BCUT2D eigenvalue weighted by Gasteiger charge is 2.47. The van der Waals surface area contributed by atoms with Gasteiger partial charge in [0.25, 0.3) is 0 Å². The first-order valence-electron chi connectivity index (χ1n) is 7.68. The molecule has 2 fully saturated rings. The number of piperidine rings is 1. The first-order valence-corrected chi connectivity index (χ1v) is 7.68. The molecule has 1 aliphatic carbocycles. The smallest absolute Gasteiger partial charge is 0.0488 e. The van der Waals surface area contributed by atoms with Crippen molar-refractivity contribution in [1.29, 1.82) is 0 Å². The third kappa shape index (κ3) is 2.43. The Labute approximate surface area is 123 Å². The molecule has 1 saturated carbocycles. The molecule has 0 bridgehead atoms. The van der Waals surface area contributed by atoms with Crippen molar-refractivity contribution in [3.8, 4) is 0 Å². The first-order chi connectivity index (χ1) is 8.88. The Morgan fingerprint density at radius 1 is 1.11 bits per heavy atom. The fourth-order valence-corrected chi connectivity index (χ4v) is 4.49. The molecule has 2 unspecified atom stereocenters. The second kappa shape index (κ2) is 6.28. The zero-order valence-corrected chi connectivity index (χ0v) is 12.8. The quantitative estimate of drug-likeness (QED) is 0.764. The van der Waals surface area contributed by atoms with Gasteiger partial charge in [0.05, 0.1) is 0 Å². The molecule has 1 heterocycles. The number of nitrogens with zero attached hydrogens (tertiary/aromatic N) is 1. The van der Waals surface area contributed by atoms with Crippen LogP contribution in [0, 0.1) is 5.92 Å². The van der Waals surface area contributed by atoms with E-state index in [9.17, 15) is 0 Å². The van der Waals surface area contributed by atoms with Crippen LogP contribution in [0.15, 0.2) is 30.3 Å². The third-order valence-electron chi connectivity index (χ3n) is 5.24. The van der Waals surface area contributed by atoms with Crippen LogP contribution in [0.3, 0.4) is 0 Å². The number of fused-ring (bicyclic) bond motifs is 1. The topological polar surface area (TPSA) is 3.24 Å². The summed E-state index contributed by atoms with van der Waals surface area (Å²) in [5.41, 5.74) is 1.95. The molecular weight excluding hydrogens is 254 g/mol. The summed E-state index contributed by atoms with van der Waals surface area (Å²) < 4.78 is 0. The molecule has 1 saturated heterocycles. The average molecular weight is 280 g/mol. The Hall–Kier alpha value is -0.530. The highest BCUT2D eigenvalue weighted by atomic mass is 35.5. The zero-order chi connectivity index (χ0) is 12.4. The maximum Gasteiger partial charge on any atom is 0.0488 e. The second-order valence-electron chi connectivity index (χ2n) is 5.95. The molecule has 1 aliphatic heterocycles. The van der Waals surface area contributed by atoms with Gasteiger partial charge in [0, 0.05) is 5.54 Å². The van der Waals surface area contributed by atoms with Crippen molar-refractivity contribution < 1.29 is 0 Å². The summed E-state index contributed by atoms with van der Waals surface area (Å²) in [6, 6.07) is 11.3. The lowest BCUT2D eigenvalue weighted by molar-refractivity contribution is -0.0362. The van der Waals surface area contributed by atoms with Crippen LogP contribution in [-0.2, 0) is 5.54 Å². The molecular formula is C17H26ClN. The van der Waals surface area contributed by atoms with Crippen molar-refractivity contribution in [3.63, 3.8) is 0 Å². The van der Waals surface area contributed by atoms with E-state index in [2.05, 4.69) is 42.2 Å². The minimum absolute atomic E-state index is 0. The van der Waals surface area contributed by atoms with Crippen LogP contribution in [0.1, 0.15) is 51.0 Å². The van der Waals surface area contributed by atoms with E-state index in [4.69, 9.17) is 0 Å². The van der Waals surface area contributed by atoms with Gasteiger partial charge in [-0.05, 0) is 50.3 Å². The summed E-state index contributed by atoms with van der Waals surface area (Å²) in [4.78, 5) is 2.77. The third-order valence-corrected chi connectivity index (χ3v) is 5.24. The number of halogens is 1. The van der Waals surface area contributed by atoms with Crippen LogP contribution in [0.5, 0.6) is 0 Å². The molecule has 0 amide bonds. The van der Waals surface area contributed by atoms with Gasteiger partial charge in [0.15, 0.2) is 0 Å². The van der Waals surface area contributed by atoms with Gasteiger partial charge in [0.2, 0.25) is 0 Å². The van der Waals surface area contributed by atoms with Crippen molar-refractivity contribution in [2.24, 2.45) is 5.92 Å². The van der Waals surface area contributed by atoms with E-state index < -0.39 is 0 Å². The number of hydrogen-bond donors (Lipinski definition) is 0. The summed E-state index contributed by atoms with van der Waals surface area (Å²) in [5.74, 6) is 0.891. The monoisotopic (exact) mass is 279 g/mol. The standard InChI is InChI=1S/C17H25N.ClH/c1-2-18-14-8-12-16-11-6-7-13-17(16,18)15-9-4-3-5-10-15;/h3-5,9-10,16H,2,6-8,11-14H2,1H3;1H. The van der Waals surface area contributed by atoms with Gasteiger partial charge >= 0.3 is 0 Å². The van der Waals surface area contributed by atoms with Crippen LogP contribution in [-0.4, -0.2) is 18.0 Å². The molecule has 0 radical (unpaired) electrons. The van der Waals surface area contributed by atoms with Crippen molar-refractivity contribution >= 4 is 12.4 Å². The van der Waals surface area contributed by atoms with Crippen LogP contribution >= 0.6 is 12.4 Å². The number of likely N-dealkylation sites (tertiary alicyclic amines) is 1. The molecule has 0 N–H and O–H groups in total. The maximum absolute atomic E-state index is 2.77. The van der Waals surface area contributed by atoms with E-state index in [0.717, 1.165) is 5.92 Å². The molecule has 1 nitrogen and oxygen atoms in total. The van der Waals surface area contributed by atoms with Gasteiger partial charge < -0.3 is 0 Å². The van der Waals surface area contributed by atoms with Gasteiger partial charge in [-0.25, -0.2) is 0 Å². The summed E-state index contributed by atoms with van der Waals surface area (Å²) >= 11 is 0. The van der Waals surface area contributed by atoms with E-state index in [1.165, 1.54) is 51.6 Å². The molecule has 2 atom stereocenters. The predicted octanol–water partition coefficient (Wildman–Crippen LogP) is 4.61. The first kappa shape index (κ1) is 14.9. The summed E-state index contributed by atoms with van der Waals surface area (Å²) in [5, 5.41) is 0. The fraction of sp³-hybridized carbons (Fsp3) is 0.647. The second-order valence-corrected chi connectivity index (χ2v) is 5.95. The minimum atomic E-state index is 0. The van der Waals surface area contributed by atoms with E-state index in [1.807, 2.05) is 0 Å². The highest BCUT2D eigenvalue weighted by molar-refractivity contribution is 5.85. The normalized spacial score (nSPS) is 31.3. The van der Waals surface area contributed by atoms with Gasteiger partial charge in [-0.1, -0.05) is 50.1 Å². The van der Waals surface area contributed by atoms with Gasteiger partial charge in [-0.15, -0.1) is 12.4 Å². The average Bonchev–Trinajstić information content (AvgIpc) is 2.47. The molecule has 1 aromatic carbocycles. The van der Waals surface area contributed by atoms with Crippen molar-refractivity contribution in [3.05, 3.63) is 35.9 Å². The lowest BCUT2D eigenvalue weighted by Gasteiger charge is -2.55. The number of benzene rings is 1. The van der Waals surface area contributed by atoms with E-state index in [-0.39, 0.29) is 12.4 Å². The Morgan fingerprint density at radius 3 is 2.58 bits per heavy atom. The lowest BCUT2D eigenvalue weighted by atomic mass is 9.64. The number of hydrogen-bond acceptors (Lipinski definition) is 1. The summed E-state index contributed by atoms with van der Waals surface area (Å²) in [6.07, 6.45) is 8.48. The molecule has 2 aliphatic rings. The fourth-order valence-electron chi connectivity index (χ4n) is 4.49. The summed E-state index contributed by atoms with van der Waals surface area (Å²) in [6.45, 7) is 4.83. The highest BCUT2D eigenvalue weighted by Crippen LogP contribution is 2.50. The molecule has 0 spiro atoms. The van der Waals surface area contributed by atoms with Crippen LogP contribution in [0.2, 0.25) is 0 Å². The lowest BCUT2D eigenvalue weighted by Crippen LogP contribution is -2.55. The Bertz CT molecular complexity index is 381. The predicted molar refractivity (Wildman–Crippen MR) is 83.8 cm³/mol. The molecule has 0 aromatic heterocycles. The number of rotatable bonds is 2. The van der Waals surface area contributed by atoms with E-state index in [0.29, 0.717) is 5.54 Å². The Balaban J connectivity index is 0.00000133. The van der Waals surface area contributed by atoms with E-state index in [1.54, 1.807) is 5.56 Å². The maximum atomic E-state index is 2.77. The molecule has 1 aromatic rings. The van der Waals surface area contributed by atoms with Crippen molar-refractivity contribution in [1.82, 2.24) is 4.90 Å². The van der Waals surface area contributed by atoms with Gasteiger partial charge in [-0.3, -0.25) is 4.90 Å². The Kier molecular flexibility index (Phi) is 4.92. The summed E-state index contributed by atoms with van der Waals surface area (Å²) in [7, 11) is 0. The largest absolute Gasteiger partial charge is 0.294 e. The Morgan fingerprint density at radius 2 is 1.84 bits per heavy atom. The zero-order valence-electron chi connectivity index (χ0n) is 12.0. The SMILES string of the molecule is CCN1CCCC2CCCCC21c1ccccc1.Cl. The minimum Gasteiger partial charge on any atom is -0.294 e. The molecule has 106 valence electrons.